The maximum absolute atomic E-state index is 13.3. The van der Waals surface area contributed by atoms with E-state index in [1.165, 1.54) is 32.1 Å². The number of amides is 3. The van der Waals surface area contributed by atoms with E-state index in [9.17, 15) is 14.4 Å². The van der Waals surface area contributed by atoms with Gasteiger partial charge in [0.1, 0.15) is 6.04 Å². The van der Waals surface area contributed by atoms with Gasteiger partial charge in [0.25, 0.3) is 5.91 Å². The van der Waals surface area contributed by atoms with Crippen molar-refractivity contribution in [3.8, 4) is 0 Å². The lowest BCUT2D eigenvalue weighted by Gasteiger charge is -2.30. The van der Waals surface area contributed by atoms with Gasteiger partial charge >= 0.3 is 0 Å². The Balaban J connectivity index is 1.34. The number of nitrogens with zero attached hydrogens (tertiary/aromatic N) is 3. The molecule has 1 unspecified atom stereocenters. The summed E-state index contributed by atoms with van der Waals surface area (Å²) < 4.78 is 2.13. The highest BCUT2D eigenvalue weighted by molar-refractivity contribution is 6.27. The first-order valence-corrected chi connectivity index (χ1v) is 11.8. The van der Waals surface area contributed by atoms with E-state index in [2.05, 4.69) is 27.4 Å². The van der Waals surface area contributed by atoms with Crippen LogP contribution in [0.2, 0.25) is 0 Å². The average molecular weight is 443 g/mol. The van der Waals surface area contributed by atoms with Crippen molar-refractivity contribution in [1.29, 1.82) is 0 Å². The Morgan fingerprint density at radius 2 is 1.85 bits per heavy atom. The fourth-order valence-corrected chi connectivity index (χ4v) is 5.69. The second kappa shape index (κ2) is 7.83. The van der Waals surface area contributed by atoms with Gasteiger partial charge in [0.15, 0.2) is 0 Å². The maximum atomic E-state index is 13.3. The van der Waals surface area contributed by atoms with Crippen molar-refractivity contribution in [1.82, 2.24) is 15.1 Å². The van der Waals surface area contributed by atoms with Crippen molar-refractivity contribution < 1.29 is 14.4 Å². The van der Waals surface area contributed by atoms with Gasteiger partial charge in [-0.2, -0.15) is 5.10 Å². The summed E-state index contributed by atoms with van der Waals surface area (Å²) in [4.78, 5) is 39.0. The van der Waals surface area contributed by atoms with Crippen LogP contribution in [0.3, 0.4) is 0 Å². The first-order chi connectivity index (χ1) is 16.1. The molecule has 0 radical (unpaired) electrons. The summed E-state index contributed by atoms with van der Waals surface area (Å²) in [5.74, 6) is -0.859. The summed E-state index contributed by atoms with van der Waals surface area (Å²) in [6, 6.07) is 9.61. The predicted molar refractivity (Wildman–Crippen MR) is 124 cm³/mol. The average Bonchev–Trinajstić information content (AvgIpc) is 3.41. The number of hydrogen-bond acceptors (Lipinski definition) is 4. The molecule has 6 rings (SSSR count). The fraction of sp³-hybridized carbons (Fsp3) is 0.385. The molecule has 1 saturated heterocycles. The predicted octanol–water partition coefficient (Wildman–Crippen LogP) is 3.90. The van der Waals surface area contributed by atoms with Gasteiger partial charge in [0, 0.05) is 30.0 Å². The van der Waals surface area contributed by atoms with Gasteiger partial charge in [-0.05, 0) is 47.9 Å². The van der Waals surface area contributed by atoms with Crippen LogP contribution in [0.1, 0.15) is 72.5 Å². The Kier molecular flexibility index (Phi) is 4.78. The number of carbonyl (C=O) groups is 3. The molecule has 7 heteroatoms. The monoisotopic (exact) mass is 442 g/mol. The van der Waals surface area contributed by atoms with E-state index in [1.54, 1.807) is 4.90 Å². The highest BCUT2D eigenvalue weighted by atomic mass is 16.2. The van der Waals surface area contributed by atoms with Crippen molar-refractivity contribution in [2.75, 3.05) is 4.90 Å². The van der Waals surface area contributed by atoms with Crippen LogP contribution in [-0.2, 0) is 16.0 Å². The number of piperidine rings is 1. The van der Waals surface area contributed by atoms with Gasteiger partial charge in [-0.1, -0.05) is 37.5 Å². The minimum Gasteiger partial charge on any atom is -0.295 e. The molecule has 3 amide bonds. The van der Waals surface area contributed by atoms with Gasteiger partial charge in [-0.3, -0.25) is 29.3 Å². The fourth-order valence-electron chi connectivity index (χ4n) is 5.69. The lowest BCUT2D eigenvalue weighted by atomic mass is 9.95. The number of rotatable bonds is 4. The number of carbonyl (C=O) groups excluding carboxylic acids is 3. The second-order valence-corrected chi connectivity index (χ2v) is 9.41. The van der Waals surface area contributed by atoms with Crippen LogP contribution in [0.5, 0.6) is 0 Å². The number of hydrogen-bond donors (Lipinski definition) is 1. The van der Waals surface area contributed by atoms with Crippen molar-refractivity contribution in [3.05, 3.63) is 59.4 Å². The van der Waals surface area contributed by atoms with Crippen LogP contribution in [0.4, 0.5) is 5.69 Å². The van der Waals surface area contributed by atoms with Gasteiger partial charge in [0.2, 0.25) is 11.8 Å². The number of benzene rings is 2. The van der Waals surface area contributed by atoms with Crippen LogP contribution in [0.15, 0.2) is 42.7 Å². The summed E-state index contributed by atoms with van der Waals surface area (Å²) in [6.07, 6.45) is 11.7. The maximum Gasteiger partial charge on any atom is 0.259 e. The van der Waals surface area contributed by atoms with E-state index in [0.717, 1.165) is 34.0 Å². The van der Waals surface area contributed by atoms with Crippen LogP contribution in [0, 0.1) is 0 Å². The number of aromatic nitrogens is 2. The molecule has 2 aromatic carbocycles. The molecule has 3 aromatic rings. The molecule has 3 aliphatic rings. The largest absolute Gasteiger partial charge is 0.295 e. The van der Waals surface area contributed by atoms with Gasteiger partial charge in [0.05, 0.1) is 17.9 Å². The molecule has 33 heavy (non-hydrogen) atoms. The van der Waals surface area contributed by atoms with E-state index in [1.807, 2.05) is 30.5 Å². The van der Waals surface area contributed by atoms with E-state index < -0.39 is 11.9 Å². The summed E-state index contributed by atoms with van der Waals surface area (Å²) in [5.41, 5.74) is 3.66. The zero-order chi connectivity index (χ0) is 22.5. The molecule has 2 fully saturated rings. The van der Waals surface area contributed by atoms with Gasteiger partial charge < -0.3 is 0 Å². The van der Waals surface area contributed by atoms with Crippen molar-refractivity contribution in [2.24, 2.45) is 0 Å². The minimum atomic E-state index is -0.662. The second-order valence-electron chi connectivity index (χ2n) is 9.41. The molecule has 168 valence electrons. The molecule has 0 bridgehead atoms. The molecular formula is C26H26N4O3. The Morgan fingerprint density at radius 1 is 1.00 bits per heavy atom. The Hall–Kier alpha value is -3.48. The third-order valence-electron chi connectivity index (χ3n) is 7.34. The molecule has 3 heterocycles. The third-order valence-corrected chi connectivity index (χ3v) is 7.34. The first-order valence-electron chi connectivity index (χ1n) is 11.8. The molecule has 1 atom stereocenters. The smallest absolute Gasteiger partial charge is 0.259 e. The topological polar surface area (TPSA) is 84.3 Å². The Morgan fingerprint density at radius 3 is 2.67 bits per heavy atom. The molecule has 1 aromatic heterocycles. The number of anilines is 1. The van der Waals surface area contributed by atoms with Crippen LogP contribution < -0.4 is 10.2 Å². The molecular weight excluding hydrogens is 416 g/mol. The molecule has 2 aliphatic heterocycles. The van der Waals surface area contributed by atoms with Crippen molar-refractivity contribution >= 4 is 34.2 Å². The van der Waals surface area contributed by atoms with E-state index in [4.69, 9.17) is 0 Å². The SMILES string of the molecule is O=C1CCC(N2C(=O)c3cccc4c(Cc5cnn(C6CCCCC6)c5)ccc2c34)C(=O)N1. The summed E-state index contributed by atoms with van der Waals surface area (Å²) in [7, 11) is 0. The molecule has 1 aliphatic carbocycles. The molecule has 7 nitrogen and oxygen atoms in total. The summed E-state index contributed by atoms with van der Waals surface area (Å²) in [5, 5.41) is 8.94. The van der Waals surface area contributed by atoms with Gasteiger partial charge in [-0.15, -0.1) is 0 Å². The normalized spacial score (nSPS) is 21.2. The molecule has 0 spiro atoms. The van der Waals surface area contributed by atoms with Crippen molar-refractivity contribution in [3.63, 3.8) is 0 Å². The minimum absolute atomic E-state index is 0.174. The quantitative estimate of drug-likeness (QED) is 0.621. The summed E-state index contributed by atoms with van der Waals surface area (Å²) >= 11 is 0. The first kappa shape index (κ1) is 20.1. The van der Waals surface area contributed by atoms with E-state index in [0.29, 0.717) is 18.0 Å². The number of nitrogens with one attached hydrogen (secondary N) is 1. The van der Waals surface area contributed by atoms with Crippen LogP contribution in [0.25, 0.3) is 10.8 Å². The van der Waals surface area contributed by atoms with Gasteiger partial charge in [-0.25, -0.2) is 0 Å². The van der Waals surface area contributed by atoms with Crippen molar-refractivity contribution in [2.45, 2.75) is 63.5 Å². The Bertz CT molecular complexity index is 1290. The lowest BCUT2D eigenvalue weighted by molar-refractivity contribution is -0.134. The number of imide groups is 1. The van der Waals surface area contributed by atoms with Crippen LogP contribution >= 0.6 is 0 Å². The highest BCUT2D eigenvalue weighted by Crippen LogP contribution is 2.41. The standard InChI is InChI=1S/C26H26N4O3/c31-23-12-11-22(25(32)28-23)30-21-10-9-17(19-7-4-8-20(24(19)21)26(30)33)13-16-14-27-29(15-16)18-5-2-1-3-6-18/h4,7-10,14-15,18,22H,1-3,5-6,11-13H2,(H,28,31,32). The third kappa shape index (κ3) is 3.34. The molecule has 1 saturated carbocycles. The van der Waals surface area contributed by atoms with E-state index >= 15 is 0 Å². The zero-order valence-corrected chi connectivity index (χ0v) is 18.4. The highest BCUT2D eigenvalue weighted by Gasteiger charge is 2.40. The zero-order valence-electron chi connectivity index (χ0n) is 18.4. The molecule has 1 N–H and O–H groups in total. The van der Waals surface area contributed by atoms with E-state index in [-0.39, 0.29) is 18.2 Å². The Labute approximate surface area is 191 Å². The summed E-state index contributed by atoms with van der Waals surface area (Å²) in [6.45, 7) is 0. The van der Waals surface area contributed by atoms with Crippen LogP contribution in [-0.4, -0.2) is 33.5 Å². The lowest BCUT2D eigenvalue weighted by Crippen LogP contribution is -2.53.